The van der Waals surface area contributed by atoms with E-state index in [-0.39, 0.29) is 18.1 Å². The molecule has 1 saturated carbocycles. The fraction of sp³-hybridized carbons (Fsp3) is 0.600. The van der Waals surface area contributed by atoms with Crippen molar-refractivity contribution in [1.82, 2.24) is 5.32 Å². The van der Waals surface area contributed by atoms with Gasteiger partial charge in [-0.2, -0.15) is 0 Å². The first-order valence-electron chi connectivity index (χ1n) is 6.71. The highest BCUT2D eigenvalue weighted by Gasteiger charge is 2.33. The van der Waals surface area contributed by atoms with E-state index < -0.39 is 0 Å². The summed E-state index contributed by atoms with van der Waals surface area (Å²) >= 11 is 0. The zero-order valence-corrected chi connectivity index (χ0v) is 11.7. The number of nitrogens with one attached hydrogen (secondary N) is 1. The average Bonchev–Trinajstić information content (AvgIpc) is 2.36. The van der Waals surface area contributed by atoms with E-state index in [2.05, 4.69) is 5.32 Å². The first kappa shape index (κ1) is 14.4. The van der Waals surface area contributed by atoms with Crippen LogP contribution < -0.4 is 5.32 Å². The second kappa shape index (κ2) is 6.46. The molecular weight excluding hydrogens is 245 g/mol. The molecule has 1 aliphatic rings. The van der Waals surface area contributed by atoms with Gasteiger partial charge >= 0.3 is 0 Å². The van der Waals surface area contributed by atoms with Crippen molar-refractivity contribution in [3.05, 3.63) is 35.6 Å². The van der Waals surface area contributed by atoms with Crippen molar-refractivity contribution >= 4 is 0 Å². The standard InChI is InChI=1S/C15H22FNO2/c1-10(15(18-2)19-3)17-12-8-11(9-12)13-6-4-5-7-14(13)16/h4-7,10-12,15,17H,8-9H2,1-3H3. The average molecular weight is 267 g/mol. The van der Waals surface area contributed by atoms with Crippen molar-refractivity contribution in [3.63, 3.8) is 0 Å². The Morgan fingerprint density at radius 1 is 1.21 bits per heavy atom. The lowest BCUT2D eigenvalue weighted by molar-refractivity contribution is -0.122. The van der Waals surface area contributed by atoms with Gasteiger partial charge < -0.3 is 14.8 Å². The van der Waals surface area contributed by atoms with Crippen molar-refractivity contribution in [2.75, 3.05) is 14.2 Å². The highest BCUT2D eigenvalue weighted by Crippen LogP contribution is 2.38. The molecule has 4 heteroatoms. The van der Waals surface area contributed by atoms with E-state index in [1.807, 2.05) is 19.1 Å². The summed E-state index contributed by atoms with van der Waals surface area (Å²) in [6.45, 7) is 2.04. The highest BCUT2D eigenvalue weighted by atomic mass is 19.1. The zero-order chi connectivity index (χ0) is 13.8. The minimum atomic E-state index is -0.243. The van der Waals surface area contributed by atoms with Gasteiger partial charge in [-0.15, -0.1) is 0 Å². The Balaban J connectivity index is 1.82. The molecule has 0 radical (unpaired) electrons. The third-order valence-corrected chi connectivity index (χ3v) is 3.85. The fourth-order valence-electron chi connectivity index (χ4n) is 2.77. The molecular formula is C15H22FNO2. The third-order valence-electron chi connectivity index (χ3n) is 3.85. The Hall–Kier alpha value is -0.970. The topological polar surface area (TPSA) is 30.5 Å². The van der Waals surface area contributed by atoms with Gasteiger partial charge in [-0.25, -0.2) is 4.39 Å². The summed E-state index contributed by atoms with van der Waals surface area (Å²) in [4.78, 5) is 0. The van der Waals surface area contributed by atoms with E-state index in [9.17, 15) is 4.39 Å². The second-order valence-electron chi connectivity index (χ2n) is 5.18. The van der Waals surface area contributed by atoms with Crippen LogP contribution in [0.25, 0.3) is 0 Å². The Labute approximate surface area is 114 Å². The lowest BCUT2D eigenvalue weighted by Gasteiger charge is -2.39. The molecule has 3 nitrogen and oxygen atoms in total. The Bertz CT molecular complexity index is 403. The van der Waals surface area contributed by atoms with Gasteiger partial charge in [-0.05, 0) is 37.3 Å². The number of ether oxygens (including phenoxy) is 2. The molecule has 0 aromatic heterocycles. The SMILES string of the molecule is COC(OC)C(C)NC1CC(c2ccccc2F)C1. The summed E-state index contributed by atoms with van der Waals surface area (Å²) in [6, 6.07) is 7.58. The van der Waals surface area contributed by atoms with E-state index in [0.717, 1.165) is 18.4 Å². The Kier molecular flexibility index (Phi) is 4.91. The predicted molar refractivity (Wildman–Crippen MR) is 72.6 cm³/mol. The summed E-state index contributed by atoms with van der Waals surface area (Å²) < 4.78 is 24.1. The lowest BCUT2D eigenvalue weighted by atomic mass is 9.75. The molecule has 0 heterocycles. The highest BCUT2D eigenvalue weighted by molar-refractivity contribution is 5.24. The molecule has 1 atom stereocenters. The molecule has 1 aromatic rings. The van der Waals surface area contributed by atoms with E-state index in [0.29, 0.717) is 12.0 Å². The molecule has 0 aliphatic heterocycles. The number of hydrogen-bond acceptors (Lipinski definition) is 3. The van der Waals surface area contributed by atoms with Crippen LogP contribution in [0.1, 0.15) is 31.2 Å². The molecule has 1 fully saturated rings. The van der Waals surface area contributed by atoms with E-state index in [1.165, 1.54) is 6.07 Å². The zero-order valence-electron chi connectivity index (χ0n) is 11.7. The molecule has 0 bridgehead atoms. The molecule has 0 spiro atoms. The predicted octanol–water partition coefficient (Wildman–Crippen LogP) is 2.67. The van der Waals surface area contributed by atoms with Crippen LogP contribution >= 0.6 is 0 Å². The minimum absolute atomic E-state index is 0.0920. The van der Waals surface area contributed by atoms with Gasteiger partial charge in [0.05, 0.1) is 6.04 Å². The quantitative estimate of drug-likeness (QED) is 0.804. The van der Waals surface area contributed by atoms with Crippen LogP contribution in [0.2, 0.25) is 0 Å². The molecule has 19 heavy (non-hydrogen) atoms. The number of rotatable bonds is 6. The van der Waals surface area contributed by atoms with Gasteiger partial charge in [0.25, 0.3) is 0 Å². The van der Waals surface area contributed by atoms with Gasteiger partial charge in [0, 0.05) is 20.3 Å². The lowest BCUT2D eigenvalue weighted by Crippen LogP contribution is -2.49. The van der Waals surface area contributed by atoms with Crippen LogP contribution in [0.4, 0.5) is 4.39 Å². The first-order chi connectivity index (χ1) is 9.15. The van der Waals surface area contributed by atoms with E-state index in [4.69, 9.17) is 9.47 Å². The van der Waals surface area contributed by atoms with Crippen molar-refractivity contribution in [1.29, 1.82) is 0 Å². The van der Waals surface area contributed by atoms with Crippen molar-refractivity contribution in [3.8, 4) is 0 Å². The number of benzene rings is 1. The van der Waals surface area contributed by atoms with Crippen LogP contribution in [0, 0.1) is 5.82 Å². The van der Waals surface area contributed by atoms with E-state index >= 15 is 0 Å². The van der Waals surface area contributed by atoms with Gasteiger partial charge in [0.1, 0.15) is 5.82 Å². The van der Waals surface area contributed by atoms with Crippen LogP contribution in [-0.4, -0.2) is 32.6 Å². The third kappa shape index (κ3) is 3.32. The van der Waals surface area contributed by atoms with Gasteiger partial charge in [-0.3, -0.25) is 0 Å². The summed E-state index contributed by atoms with van der Waals surface area (Å²) in [5, 5.41) is 3.47. The molecule has 2 rings (SSSR count). The molecule has 1 N–H and O–H groups in total. The molecule has 0 saturated heterocycles. The second-order valence-corrected chi connectivity index (χ2v) is 5.18. The molecule has 1 unspecified atom stereocenters. The molecule has 1 aromatic carbocycles. The van der Waals surface area contributed by atoms with Crippen molar-refractivity contribution < 1.29 is 13.9 Å². The maximum atomic E-state index is 13.6. The summed E-state index contributed by atoms with van der Waals surface area (Å²) in [6.07, 6.45) is 1.68. The fourth-order valence-corrected chi connectivity index (χ4v) is 2.77. The molecule has 106 valence electrons. The number of methoxy groups -OCH3 is 2. The number of halogens is 1. The van der Waals surface area contributed by atoms with Crippen LogP contribution in [0.5, 0.6) is 0 Å². The van der Waals surface area contributed by atoms with Gasteiger partial charge in [-0.1, -0.05) is 18.2 Å². The van der Waals surface area contributed by atoms with Crippen LogP contribution in [-0.2, 0) is 9.47 Å². The van der Waals surface area contributed by atoms with Crippen molar-refractivity contribution in [2.45, 2.75) is 44.1 Å². The maximum absolute atomic E-state index is 13.6. The minimum Gasteiger partial charge on any atom is -0.354 e. The summed E-state index contributed by atoms with van der Waals surface area (Å²) in [7, 11) is 3.27. The Morgan fingerprint density at radius 2 is 1.84 bits per heavy atom. The molecule has 1 aliphatic carbocycles. The van der Waals surface area contributed by atoms with Crippen LogP contribution in [0.3, 0.4) is 0 Å². The maximum Gasteiger partial charge on any atom is 0.171 e. The van der Waals surface area contributed by atoms with Crippen LogP contribution in [0.15, 0.2) is 24.3 Å². The van der Waals surface area contributed by atoms with E-state index in [1.54, 1.807) is 20.3 Å². The largest absolute Gasteiger partial charge is 0.354 e. The Morgan fingerprint density at radius 3 is 2.42 bits per heavy atom. The van der Waals surface area contributed by atoms with Gasteiger partial charge in [0.15, 0.2) is 6.29 Å². The first-order valence-corrected chi connectivity index (χ1v) is 6.71. The monoisotopic (exact) mass is 267 g/mol. The van der Waals surface area contributed by atoms with Crippen molar-refractivity contribution in [2.24, 2.45) is 0 Å². The summed E-state index contributed by atoms with van der Waals surface area (Å²) in [5.74, 6) is 0.236. The normalized spacial score (nSPS) is 24.3. The molecule has 0 amide bonds. The smallest absolute Gasteiger partial charge is 0.171 e. The van der Waals surface area contributed by atoms with Gasteiger partial charge in [0.2, 0.25) is 0 Å². The summed E-state index contributed by atoms with van der Waals surface area (Å²) in [5.41, 5.74) is 0.836. The number of hydrogen-bond donors (Lipinski definition) is 1.